The van der Waals surface area contributed by atoms with Gasteiger partial charge in [-0.25, -0.2) is 0 Å². The van der Waals surface area contributed by atoms with Crippen molar-refractivity contribution in [1.29, 1.82) is 0 Å². The Labute approximate surface area is 66.2 Å². The molecule has 0 bridgehead atoms. The SMILES string of the molecule is CC(C)(C)N.F[P-](F)(F)(F)(F)F. The van der Waals surface area contributed by atoms with Crippen LogP contribution in [0.4, 0.5) is 25.2 Å². The molecule has 12 heavy (non-hydrogen) atoms. The minimum atomic E-state index is -10.7. The zero-order valence-corrected chi connectivity index (χ0v) is 7.69. The Bertz CT molecular complexity index is 130. The first kappa shape index (κ1) is 14.5. The summed E-state index contributed by atoms with van der Waals surface area (Å²) in [7, 11) is -10.7. The maximum absolute atomic E-state index is 10.7. The summed E-state index contributed by atoms with van der Waals surface area (Å²) in [5, 5.41) is 0. The molecule has 2 N–H and O–H groups in total. The van der Waals surface area contributed by atoms with Gasteiger partial charge in [-0.05, 0) is 20.8 Å². The third-order valence-electron chi connectivity index (χ3n) is 0. The summed E-state index contributed by atoms with van der Waals surface area (Å²) in [6.07, 6.45) is 0. The number of rotatable bonds is 0. The fourth-order valence-corrected chi connectivity index (χ4v) is 0. The molecule has 0 aliphatic carbocycles. The Kier molecular flexibility index (Phi) is 2.99. The molecule has 0 heterocycles. The van der Waals surface area contributed by atoms with Crippen molar-refractivity contribution in [2.24, 2.45) is 5.73 Å². The molecule has 0 atom stereocenters. The second-order valence-electron chi connectivity index (χ2n) is 3.32. The van der Waals surface area contributed by atoms with Crippen LogP contribution in [0.15, 0.2) is 0 Å². The van der Waals surface area contributed by atoms with Crippen molar-refractivity contribution >= 4 is 7.81 Å². The number of halogens is 6. The molecule has 0 aromatic rings. The summed E-state index contributed by atoms with van der Waals surface area (Å²) in [4.78, 5) is 0. The van der Waals surface area contributed by atoms with Gasteiger partial charge in [0.1, 0.15) is 0 Å². The number of hydrogen-bond donors (Lipinski definition) is 1. The van der Waals surface area contributed by atoms with E-state index >= 15 is 0 Å². The van der Waals surface area contributed by atoms with E-state index in [4.69, 9.17) is 5.73 Å². The van der Waals surface area contributed by atoms with Crippen LogP contribution in [-0.4, -0.2) is 5.54 Å². The monoisotopic (exact) mass is 218 g/mol. The first-order valence-corrected chi connectivity index (χ1v) is 4.83. The Balaban J connectivity index is 0. The zero-order valence-electron chi connectivity index (χ0n) is 6.79. The molecule has 0 unspecified atom stereocenters. The summed E-state index contributed by atoms with van der Waals surface area (Å²) in [6, 6.07) is 0. The van der Waals surface area contributed by atoms with E-state index in [1.54, 1.807) is 0 Å². The van der Waals surface area contributed by atoms with Crippen LogP contribution in [0.1, 0.15) is 20.8 Å². The first-order valence-electron chi connectivity index (χ1n) is 2.80. The van der Waals surface area contributed by atoms with E-state index in [0.717, 1.165) is 0 Å². The van der Waals surface area contributed by atoms with E-state index in [2.05, 4.69) is 0 Å². The van der Waals surface area contributed by atoms with E-state index in [1.807, 2.05) is 20.8 Å². The molecule has 0 saturated heterocycles. The third-order valence-corrected chi connectivity index (χ3v) is 0. The van der Waals surface area contributed by atoms with Crippen molar-refractivity contribution in [2.75, 3.05) is 0 Å². The molecular formula is C4H11F6NP-. The first-order chi connectivity index (χ1) is 4.45. The van der Waals surface area contributed by atoms with Crippen LogP contribution in [0, 0.1) is 0 Å². The number of nitrogens with two attached hydrogens (primary N) is 1. The van der Waals surface area contributed by atoms with Crippen LogP contribution in [0.25, 0.3) is 0 Å². The second-order valence-corrected chi connectivity index (χ2v) is 5.24. The summed E-state index contributed by atoms with van der Waals surface area (Å²) in [5.74, 6) is 0. The van der Waals surface area contributed by atoms with Crippen molar-refractivity contribution in [2.45, 2.75) is 26.3 Å². The Morgan fingerprint density at radius 3 is 0.833 bits per heavy atom. The summed E-state index contributed by atoms with van der Waals surface area (Å²) in [6.45, 7) is 5.90. The van der Waals surface area contributed by atoms with Gasteiger partial charge in [0.2, 0.25) is 0 Å². The zero-order chi connectivity index (χ0) is 10.9. The molecule has 0 aliphatic rings. The predicted octanol–water partition coefficient (Wildman–Crippen LogP) is 4.13. The van der Waals surface area contributed by atoms with Crippen LogP contribution in [-0.2, 0) is 0 Å². The standard InChI is InChI=1S/C4H11N.F6P/c1-4(2,3)5;1-7(2,3,4,5)6/h5H2,1-3H3;/q;-1. The van der Waals surface area contributed by atoms with Crippen LogP contribution >= 0.6 is 7.81 Å². The van der Waals surface area contributed by atoms with E-state index in [1.165, 1.54) is 0 Å². The minimum absolute atomic E-state index is 0. The van der Waals surface area contributed by atoms with Gasteiger partial charge < -0.3 is 5.73 Å². The van der Waals surface area contributed by atoms with E-state index in [0.29, 0.717) is 0 Å². The normalized spacial score (nSPS) is 18.5. The van der Waals surface area contributed by atoms with Gasteiger partial charge in [0.25, 0.3) is 0 Å². The molecule has 0 saturated carbocycles. The summed E-state index contributed by atoms with van der Waals surface area (Å²) < 4.78 is 59.2. The van der Waals surface area contributed by atoms with Gasteiger partial charge in [0.05, 0.1) is 0 Å². The second kappa shape index (κ2) is 2.48. The molecule has 0 amide bonds. The van der Waals surface area contributed by atoms with Gasteiger partial charge in [-0.1, -0.05) is 0 Å². The molecule has 80 valence electrons. The average molecular weight is 218 g/mol. The average Bonchev–Trinajstić information content (AvgIpc) is 1.04. The third kappa shape index (κ3) is 891000. The van der Waals surface area contributed by atoms with Crippen LogP contribution in [0.5, 0.6) is 0 Å². The van der Waals surface area contributed by atoms with Gasteiger partial charge in [-0.2, -0.15) is 0 Å². The van der Waals surface area contributed by atoms with Gasteiger partial charge in [-0.3, -0.25) is 0 Å². The van der Waals surface area contributed by atoms with Gasteiger partial charge in [0.15, 0.2) is 0 Å². The fraction of sp³-hybridized carbons (Fsp3) is 1.00. The van der Waals surface area contributed by atoms with Crippen molar-refractivity contribution in [3.63, 3.8) is 0 Å². The fourth-order valence-electron chi connectivity index (χ4n) is 0. The van der Waals surface area contributed by atoms with Crippen molar-refractivity contribution in [3.8, 4) is 0 Å². The quantitative estimate of drug-likeness (QED) is 0.480. The molecule has 0 radical (unpaired) electrons. The predicted molar refractivity (Wildman–Crippen MR) is 37.5 cm³/mol. The Hall–Kier alpha value is -0.0300. The van der Waals surface area contributed by atoms with E-state index in [9.17, 15) is 25.2 Å². The topological polar surface area (TPSA) is 26.0 Å². The van der Waals surface area contributed by atoms with E-state index in [-0.39, 0.29) is 5.54 Å². The van der Waals surface area contributed by atoms with Crippen LogP contribution in [0.3, 0.4) is 0 Å². The van der Waals surface area contributed by atoms with Gasteiger partial charge >= 0.3 is 33.0 Å². The van der Waals surface area contributed by atoms with Crippen LogP contribution < -0.4 is 5.73 Å². The van der Waals surface area contributed by atoms with Gasteiger partial charge in [-0.15, -0.1) is 0 Å². The van der Waals surface area contributed by atoms with Crippen molar-refractivity contribution in [3.05, 3.63) is 0 Å². The summed E-state index contributed by atoms with van der Waals surface area (Å²) >= 11 is 0. The van der Waals surface area contributed by atoms with E-state index < -0.39 is 7.81 Å². The van der Waals surface area contributed by atoms with Crippen molar-refractivity contribution in [1.82, 2.24) is 0 Å². The van der Waals surface area contributed by atoms with Gasteiger partial charge in [0, 0.05) is 5.54 Å². The molecule has 0 rings (SSSR count). The number of hydrogen-bond acceptors (Lipinski definition) is 1. The molecule has 8 heteroatoms. The Morgan fingerprint density at radius 2 is 0.833 bits per heavy atom. The maximum atomic E-state index is 9.87. The van der Waals surface area contributed by atoms with Crippen LogP contribution in [0.2, 0.25) is 0 Å². The molecule has 1 nitrogen and oxygen atoms in total. The van der Waals surface area contributed by atoms with Crippen molar-refractivity contribution < 1.29 is 25.2 Å². The molecular weight excluding hydrogens is 207 g/mol. The molecule has 0 aromatic heterocycles. The molecule has 0 spiro atoms. The Morgan fingerprint density at radius 1 is 0.833 bits per heavy atom. The molecule has 0 aromatic carbocycles. The molecule has 0 aliphatic heterocycles. The summed E-state index contributed by atoms with van der Waals surface area (Å²) in [5.41, 5.74) is 5.35. The molecule has 0 fully saturated rings.